The molecule has 2 N–H and O–H groups in total. The molecule has 3 nitrogen and oxygen atoms in total. The Labute approximate surface area is 107 Å². The van der Waals surface area contributed by atoms with Crippen molar-refractivity contribution in [2.75, 3.05) is 0 Å². The van der Waals surface area contributed by atoms with Crippen molar-refractivity contribution in [3.63, 3.8) is 0 Å². The third-order valence-corrected chi connectivity index (χ3v) is 2.87. The molecule has 0 aliphatic carbocycles. The van der Waals surface area contributed by atoms with Gasteiger partial charge in [0.15, 0.2) is 17.2 Å². The molecule has 5 heteroatoms. The molecule has 0 spiro atoms. The molecular formula is C14H10F2N2O. The second-order valence-corrected chi connectivity index (χ2v) is 4.15. The Balaban J connectivity index is 2.09. The van der Waals surface area contributed by atoms with E-state index in [1.54, 1.807) is 12.1 Å². The molecule has 1 aromatic heterocycles. The molecule has 3 rings (SSSR count). The van der Waals surface area contributed by atoms with Gasteiger partial charge in [-0.2, -0.15) is 0 Å². The van der Waals surface area contributed by atoms with Crippen LogP contribution in [0.15, 0.2) is 40.8 Å². The van der Waals surface area contributed by atoms with Crippen LogP contribution in [0.1, 0.15) is 5.56 Å². The summed E-state index contributed by atoms with van der Waals surface area (Å²) in [6, 6.07) is 9.33. The molecule has 0 saturated heterocycles. The van der Waals surface area contributed by atoms with E-state index in [1.807, 2.05) is 12.1 Å². The van der Waals surface area contributed by atoms with Gasteiger partial charge in [0.25, 0.3) is 0 Å². The van der Waals surface area contributed by atoms with Crippen molar-refractivity contribution in [3.05, 3.63) is 53.6 Å². The highest BCUT2D eigenvalue weighted by Gasteiger charge is 2.12. The summed E-state index contributed by atoms with van der Waals surface area (Å²) in [5.74, 6) is -1.57. The maximum atomic E-state index is 13.1. The molecule has 0 aliphatic rings. The fourth-order valence-electron chi connectivity index (χ4n) is 1.83. The summed E-state index contributed by atoms with van der Waals surface area (Å²) in [5.41, 5.74) is 7.73. The lowest BCUT2D eigenvalue weighted by atomic mass is 10.1. The zero-order valence-electron chi connectivity index (χ0n) is 9.86. The van der Waals surface area contributed by atoms with Gasteiger partial charge < -0.3 is 10.2 Å². The van der Waals surface area contributed by atoms with E-state index in [-0.39, 0.29) is 11.1 Å². The van der Waals surface area contributed by atoms with Crippen LogP contribution in [0.5, 0.6) is 0 Å². The fraction of sp³-hybridized carbons (Fsp3) is 0.0714. The maximum absolute atomic E-state index is 13.1. The average Bonchev–Trinajstić information content (AvgIpc) is 2.82. The molecule has 0 atom stereocenters. The molecule has 96 valence electrons. The first-order valence-corrected chi connectivity index (χ1v) is 5.72. The van der Waals surface area contributed by atoms with Crippen molar-refractivity contribution in [1.29, 1.82) is 0 Å². The molecule has 2 aromatic carbocycles. The summed E-state index contributed by atoms with van der Waals surface area (Å²) in [4.78, 5) is 4.14. The lowest BCUT2D eigenvalue weighted by molar-refractivity contribution is 0.507. The number of aromatic nitrogens is 1. The zero-order chi connectivity index (χ0) is 13.4. The molecule has 3 aromatic rings. The number of hydrogen-bond acceptors (Lipinski definition) is 3. The molecular weight excluding hydrogens is 250 g/mol. The van der Waals surface area contributed by atoms with Crippen molar-refractivity contribution >= 4 is 11.1 Å². The number of hydrogen-bond donors (Lipinski definition) is 1. The Kier molecular flexibility index (Phi) is 2.76. The summed E-state index contributed by atoms with van der Waals surface area (Å²) in [6.45, 7) is 0.449. The first kappa shape index (κ1) is 11.8. The Morgan fingerprint density at radius 1 is 1.05 bits per heavy atom. The number of halogens is 2. The van der Waals surface area contributed by atoms with Gasteiger partial charge >= 0.3 is 0 Å². The molecule has 0 bridgehead atoms. The van der Waals surface area contributed by atoms with Crippen LogP contribution in [0.2, 0.25) is 0 Å². The summed E-state index contributed by atoms with van der Waals surface area (Å²) in [5, 5.41) is 0. The minimum atomic E-state index is -0.950. The van der Waals surface area contributed by atoms with E-state index in [0.29, 0.717) is 12.4 Å². The van der Waals surface area contributed by atoms with Crippen LogP contribution < -0.4 is 5.73 Å². The van der Waals surface area contributed by atoms with Gasteiger partial charge in [-0.15, -0.1) is 0 Å². The molecule has 0 unspecified atom stereocenters. The Hall–Kier alpha value is -2.27. The smallest absolute Gasteiger partial charge is 0.227 e. The van der Waals surface area contributed by atoms with Gasteiger partial charge in [-0.3, -0.25) is 0 Å². The van der Waals surface area contributed by atoms with E-state index in [2.05, 4.69) is 4.98 Å². The lowest BCUT2D eigenvalue weighted by Crippen LogP contribution is -1.95. The van der Waals surface area contributed by atoms with Crippen LogP contribution in [-0.2, 0) is 6.54 Å². The second-order valence-electron chi connectivity index (χ2n) is 4.15. The molecule has 19 heavy (non-hydrogen) atoms. The van der Waals surface area contributed by atoms with Crippen molar-refractivity contribution in [1.82, 2.24) is 4.98 Å². The molecule has 1 heterocycles. The third kappa shape index (κ3) is 2.08. The van der Waals surface area contributed by atoms with E-state index in [4.69, 9.17) is 10.2 Å². The Morgan fingerprint density at radius 2 is 1.74 bits per heavy atom. The van der Waals surface area contributed by atoms with Crippen LogP contribution in [0, 0.1) is 11.6 Å². The number of rotatable bonds is 2. The standard InChI is InChI=1S/C14H10F2N2O/c15-10-5-12-13(6-11(10)16)19-14(18-12)9-3-1-8(7-17)2-4-9/h1-6H,7,17H2. The van der Waals surface area contributed by atoms with Crippen LogP contribution >= 0.6 is 0 Å². The predicted octanol–water partition coefficient (Wildman–Crippen LogP) is 3.23. The SMILES string of the molecule is NCc1ccc(-c2nc3cc(F)c(F)cc3o2)cc1. The molecule has 0 saturated carbocycles. The van der Waals surface area contributed by atoms with Crippen LogP contribution in [0.3, 0.4) is 0 Å². The zero-order valence-corrected chi connectivity index (χ0v) is 9.86. The number of fused-ring (bicyclic) bond motifs is 1. The van der Waals surface area contributed by atoms with Crippen molar-refractivity contribution in [2.24, 2.45) is 5.73 Å². The monoisotopic (exact) mass is 260 g/mol. The predicted molar refractivity (Wildman–Crippen MR) is 67.3 cm³/mol. The first-order chi connectivity index (χ1) is 9.17. The van der Waals surface area contributed by atoms with Crippen molar-refractivity contribution < 1.29 is 13.2 Å². The van der Waals surface area contributed by atoms with Crippen molar-refractivity contribution in [3.8, 4) is 11.5 Å². The highest BCUT2D eigenvalue weighted by atomic mass is 19.2. The fourth-order valence-corrected chi connectivity index (χ4v) is 1.83. The third-order valence-electron chi connectivity index (χ3n) is 2.87. The van der Waals surface area contributed by atoms with Gasteiger partial charge in [0.05, 0.1) is 0 Å². The average molecular weight is 260 g/mol. The molecule has 0 radical (unpaired) electrons. The van der Waals surface area contributed by atoms with Crippen LogP contribution in [-0.4, -0.2) is 4.98 Å². The number of nitrogens with two attached hydrogens (primary N) is 1. The highest BCUT2D eigenvalue weighted by molar-refractivity contribution is 5.76. The van der Waals surface area contributed by atoms with E-state index >= 15 is 0 Å². The maximum Gasteiger partial charge on any atom is 0.227 e. The summed E-state index contributed by atoms with van der Waals surface area (Å²) < 4.78 is 31.6. The van der Waals surface area contributed by atoms with E-state index in [9.17, 15) is 8.78 Å². The van der Waals surface area contributed by atoms with Gasteiger partial charge in [-0.25, -0.2) is 13.8 Å². The number of oxazole rings is 1. The van der Waals surface area contributed by atoms with Gasteiger partial charge in [0.2, 0.25) is 5.89 Å². The van der Waals surface area contributed by atoms with Gasteiger partial charge in [-0.05, 0) is 17.7 Å². The minimum absolute atomic E-state index is 0.219. The van der Waals surface area contributed by atoms with E-state index in [0.717, 1.165) is 23.3 Å². The first-order valence-electron chi connectivity index (χ1n) is 5.72. The van der Waals surface area contributed by atoms with Gasteiger partial charge in [-0.1, -0.05) is 12.1 Å². The highest BCUT2D eigenvalue weighted by Crippen LogP contribution is 2.26. The molecule has 0 fully saturated rings. The second kappa shape index (κ2) is 4.44. The normalized spacial score (nSPS) is 11.1. The molecule has 0 amide bonds. The summed E-state index contributed by atoms with van der Waals surface area (Å²) in [6.07, 6.45) is 0. The van der Waals surface area contributed by atoms with Gasteiger partial charge in [0.1, 0.15) is 5.52 Å². The summed E-state index contributed by atoms with van der Waals surface area (Å²) in [7, 11) is 0. The van der Waals surface area contributed by atoms with Crippen molar-refractivity contribution in [2.45, 2.75) is 6.54 Å². The quantitative estimate of drug-likeness (QED) is 0.769. The van der Waals surface area contributed by atoms with Gasteiger partial charge in [0, 0.05) is 24.2 Å². The van der Waals surface area contributed by atoms with E-state index in [1.165, 1.54) is 0 Å². The van der Waals surface area contributed by atoms with Crippen LogP contribution in [0.4, 0.5) is 8.78 Å². The largest absolute Gasteiger partial charge is 0.436 e. The van der Waals surface area contributed by atoms with E-state index < -0.39 is 11.6 Å². The minimum Gasteiger partial charge on any atom is -0.436 e. The molecule has 0 aliphatic heterocycles. The van der Waals surface area contributed by atoms with Crippen LogP contribution in [0.25, 0.3) is 22.6 Å². The Morgan fingerprint density at radius 3 is 2.42 bits per heavy atom. The number of nitrogens with zero attached hydrogens (tertiary/aromatic N) is 1. The lowest BCUT2D eigenvalue weighted by Gasteiger charge is -1.97. The topological polar surface area (TPSA) is 52.0 Å². The number of benzene rings is 2. The summed E-state index contributed by atoms with van der Waals surface area (Å²) >= 11 is 0. The Bertz CT molecular complexity index is 696.